The molecule has 2 aromatic rings. The largest absolute Gasteiger partial charge is 0.511 e. The van der Waals surface area contributed by atoms with E-state index in [0.717, 1.165) is 44.4 Å². The number of rotatable bonds is 6. The van der Waals surface area contributed by atoms with Gasteiger partial charge >= 0.3 is 18.3 Å². The van der Waals surface area contributed by atoms with Crippen LogP contribution in [0.2, 0.25) is 5.02 Å². The molecule has 3 rings (SSSR count). The van der Waals surface area contributed by atoms with Crippen molar-refractivity contribution in [3.8, 4) is 0 Å². The van der Waals surface area contributed by atoms with Gasteiger partial charge in [-0.15, -0.1) is 5.10 Å². The summed E-state index contributed by atoms with van der Waals surface area (Å²) in [5, 5.41) is 6.82. The van der Waals surface area contributed by atoms with Gasteiger partial charge in [0.05, 0.1) is 31.8 Å². The zero-order chi connectivity index (χ0) is 25.8. The van der Waals surface area contributed by atoms with Crippen molar-refractivity contribution in [2.45, 2.75) is 69.4 Å². The predicted molar refractivity (Wildman–Crippen MR) is 119 cm³/mol. The Morgan fingerprint density at radius 3 is 2.49 bits per heavy atom. The lowest BCUT2D eigenvalue weighted by Gasteiger charge is -2.23. The fourth-order valence-corrected chi connectivity index (χ4v) is 4.88. The van der Waals surface area contributed by atoms with Gasteiger partial charge in [0.25, 0.3) is 0 Å². The Hall–Kier alpha value is -2.67. The van der Waals surface area contributed by atoms with Crippen LogP contribution < -0.4 is 0 Å². The van der Waals surface area contributed by atoms with Crippen molar-refractivity contribution in [3.05, 3.63) is 34.2 Å². The van der Waals surface area contributed by atoms with E-state index in [4.69, 9.17) is 30.2 Å². The minimum atomic E-state index is -4.80. The van der Waals surface area contributed by atoms with E-state index in [1.54, 1.807) is 0 Å². The van der Waals surface area contributed by atoms with Crippen LogP contribution in [-0.4, -0.2) is 45.1 Å². The highest BCUT2D eigenvalue weighted by Crippen LogP contribution is 2.39. The molecule has 0 N–H and O–H groups in total. The van der Waals surface area contributed by atoms with Crippen LogP contribution in [0.15, 0.2) is 26.4 Å². The lowest BCUT2D eigenvalue weighted by molar-refractivity contribution is -0.139. The fraction of sp³-hybridized carbons (Fsp3) is 0.524. The number of aliphatic imine (C=N–C) groups is 1. The summed E-state index contributed by atoms with van der Waals surface area (Å²) in [6, 6.07) is 1.42. The van der Waals surface area contributed by atoms with Gasteiger partial charge in [0.15, 0.2) is 0 Å². The molecule has 1 aliphatic rings. The lowest BCUT2D eigenvalue weighted by Crippen LogP contribution is -2.27. The predicted octanol–water partition coefficient (Wildman–Crippen LogP) is 5.71. The second kappa shape index (κ2) is 11.4. The molecule has 1 heterocycles. The van der Waals surface area contributed by atoms with Crippen LogP contribution in [0.5, 0.6) is 0 Å². The first kappa shape index (κ1) is 26.9. The normalized spacial score (nSPS) is 17.1. The summed E-state index contributed by atoms with van der Waals surface area (Å²) in [6.07, 6.45) is -1.84. The Balaban J connectivity index is 1.91. The van der Waals surface area contributed by atoms with Crippen LogP contribution in [0.4, 0.5) is 24.0 Å². The Morgan fingerprint density at radius 2 is 1.91 bits per heavy atom. The summed E-state index contributed by atoms with van der Waals surface area (Å²) >= 11 is 6.25. The van der Waals surface area contributed by atoms with Gasteiger partial charge < -0.3 is 18.6 Å². The van der Waals surface area contributed by atoms with E-state index in [2.05, 4.69) is 15.2 Å². The van der Waals surface area contributed by atoms with Crippen LogP contribution in [0.1, 0.15) is 56.0 Å². The van der Waals surface area contributed by atoms with Crippen molar-refractivity contribution in [1.29, 1.82) is 0 Å². The smallest absolute Gasteiger partial charge is 0.437 e. The molecule has 0 spiro atoms. The van der Waals surface area contributed by atoms with Crippen molar-refractivity contribution < 1.29 is 40.8 Å². The molecule has 192 valence electrons. The highest BCUT2D eigenvalue weighted by Gasteiger charge is 2.37. The zero-order valence-corrected chi connectivity index (χ0v) is 20.6. The first-order valence-corrected chi connectivity index (χ1v) is 12.6. The van der Waals surface area contributed by atoms with Crippen molar-refractivity contribution in [1.82, 2.24) is 10.2 Å². The van der Waals surface area contributed by atoms with Crippen LogP contribution in [0.3, 0.4) is 0 Å². The minimum Gasteiger partial charge on any atom is -0.437 e. The lowest BCUT2D eigenvalue weighted by atomic mass is 9.98. The maximum atomic E-state index is 13.5. The molecular weight excluding hydrogens is 515 g/mol. The Bertz CT molecular complexity index is 1120. The highest BCUT2D eigenvalue weighted by atomic mass is 35.5. The number of hydrogen-bond acceptors (Lipinski definition) is 9. The number of aryl methyl sites for hydroxylation is 1. The number of nitrogens with zero attached hydrogens (tertiary/aromatic N) is 3. The van der Waals surface area contributed by atoms with Gasteiger partial charge in [-0.3, -0.25) is 4.21 Å². The average Bonchev–Trinajstić information content (AvgIpc) is 3.17. The monoisotopic (exact) mass is 537 g/mol. The summed E-state index contributed by atoms with van der Waals surface area (Å²) in [6.45, 7) is 2.86. The van der Waals surface area contributed by atoms with Crippen molar-refractivity contribution in [2.24, 2.45) is 4.99 Å². The van der Waals surface area contributed by atoms with Gasteiger partial charge in [0.2, 0.25) is 18.1 Å². The van der Waals surface area contributed by atoms with Crippen LogP contribution in [0, 0.1) is 6.92 Å². The number of alkyl halides is 3. The van der Waals surface area contributed by atoms with E-state index in [0.29, 0.717) is 6.07 Å². The molecule has 1 saturated carbocycles. The standard InChI is InChI=1S/C21H23ClF3N3O6S/c1-11-27-28-19(31-11)26-18(32-12(2)33-20(29)34-13-7-5-4-6-8-13)14-9-10-15(21(23,24)25)17(16(14)22)35(3)30/h9-10,12-13H,4-8H2,1-3H3. The molecule has 0 aliphatic heterocycles. The van der Waals surface area contributed by atoms with Crippen LogP contribution in [-0.2, 0) is 31.2 Å². The van der Waals surface area contributed by atoms with E-state index >= 15 is 0 Å². The van der Waals surface area contributed by atoms with E-state index in [1.165, 1.54) is 13.8 Å². The maximum Gasteiger partial charge on any atom is 0.511 e. The SMILES string of the molecule is Cc1nnc(N=C(OC(C)OC(=O)OC2CCCCC2)c2ccc(C(F)(F)F)c(S(C)=O)c2Cl)o1. The molecule has 2 unspecified atom stereocenters. The molecule has 35 heavy (non-hydrogen) atoms. The molecule has 0 bridgehead atoms. The summed E-state index contributed by atoms with van der Waals surface area (Å²) in [7, 11) is -2.11. The minimum absolute atomic E-state index is 0.156. The van der Waals surface area contributed by atoms with E-state index in [-0.39, 0.29) is 23.6 Å². The van der Waals surface area contributed by atoms with Crippen molar-refractivity contribution in [3.63, 3.8) is 0 Å². The van der Waals surface area contributed by atoms with E-state index < -0.39 is 50.8 Å². The zero-order valence-electron chi connectivity index (χ0n) is 19.1. The summed E-state index contributed by atoms with van der Waals surface area (Å²) in [5.74, 6) is -0.227. The second-order valence-corrected chi connectivity index (χ2v) is 9.40. The Morgan fingerprint density at radius 1 is 1.23 bits per heavy atom. The van der Waals surface area contributed by atoms with Crippen molar-refractivity contribution >= 4 is 40.5 Å². The highest BCUT2D eigenvalue weighted by molar-refractivity contribution is 7.84. The topological polar surface area (TPSA) is 113 Å². The van der Waals surface area contributed by atoms with Crippen molar-refractivity contribution in [2.75, 3.05) is 6.26 Å². The third-order valence-electron chi connectivity index (χ3n) is 4.99. The van der Waals surface area contributed by atoms with E-state index in [1.807, 2.05) is 0 Å². The molecule has 2 atom stereocenters. The number of ether oxygens (including phenoxy) is 3. The van der Waals surface area contributed by atoms with Gasteiger partial charge in [-0.2, -0.15) is 18.2 Å². The van der Waals surface area contributed by atoms with Gasteiger partial charge in [0.1, 0.15) is 6.10 Å². The maximum absolute atomic E-state index is 13.5. The summed E-state index contributed by atoms with van der Waals surface area (Å²) < 4.78 is 73.7. The third-order valence-corrected chi connectivity index (χ3v) is 6.49. The molecule has 1 aromatic carbocycles. The molecule has 14 heteroatoms. The number of aromatic nitrogens is 2. The molecule has 0 saturated heterocycles. The molecule has 1 aliphatic carbocycles. The van der Waals surface area contributed by atoms with Gasteiger partial charge in [-0.1, -0.05) is 23.1 Å². The fourth-order valence-electron chi connectivity index (χ4n) is 3.46. The molecule has 1 fully saturated rings. The Kier molecular flexibility index (Phi) is 8.75. The molecular formula is C21H23ClF3N3O6S. The number of hydrogen-bond donors (Lipinski definition) is 0. The summed E-state index contributed by atoms with van der Waals surface area (Å²) in [5.41, 5.74) is -1.32. The second-order valence-electron chi connectivity index (χ2n) is 7.71. The molecule has 9 nitrogen and oxygen atoms in total. The van der Waals surface area contributed by atoms with Crippen LogP contribution in [0.25, 0.3) is 0 Å². The third kappa shape index (κ3) is 7.17. The number of halogens is 4. The molecule has 0 radical (unpaired) electrons. The average molecular weight is 538 g/mol. The Labute approximate surface area is 206 Å². The van der Waals surface area contributed by atoms with Gasteiger partial charge in [0, 0.05) is 20.1 Å². The first-order valence-electron chi connectivity index (χ1n) is 10.6. The van der Waals surface area contributed by atoms with E-state index in [9.17, 15) is 22.2 Å². The first-order chi connectivity index (χ1) is 16.5. The van der Waals surface area contributed by atoms with Crippen LogP contribution >= 0.6 is 11.6 Å². The summed E-state index contributed by atoms with van der Waals surface area (Å²) in [4.78, 5) is 15.5. The number of benzene rings is 1. The number of carbonyl (C=O) groups excluding carboxylic acids is 1. The van der Waals surface area contributed by atoms with Gasteiger partial charge in [-0.05, 0) is 37.8 Å². The quantitative estimate of drug-likeness (QED) is 0.199. The molecule has 1 aromatic heterocycles. The number of carbonyl (C=O) groups is 1. The molecule has 0 amide bonds. The van der Waals surface area contributed by atoms with Gasteiger partial charge in [-0.25, -0.2) is 4.79 Å².